The Morgan fingerprint density at radius 2 is 1.28 bits per heavy atom. The van der Waals surface area contributed by atoms with Crippen LogP contribution in [0.4, 0.5) is 11.4 Å². The Morgan fingerprint density at radius 1 is 0.960 bits per heavy atom. The van der Waals surface area contributed by atoms with Crippen molar-refractivity contribution in [2.45, 2.75) is 20.8 Å². The Morgan fingerprint density at radius 3 is 1.56 bits per heavy atom. The molecular formula is C18H22N2O5. The molecule has 7 heteroatoms. The van der Waals surface area contributed by atoms with E-state index in [4.69, 9.17) is 10.8 Å². The van der Waals surface area contributed by atoms with Crippen LogP contribution in [0.25, 0.3) is 0 Å². The molecule has 0 aromatic heterocycles. The minimum atomic E-state index is -0.496. The van der Waals surface area contributed by atoms with Gasteiger partial charge in [0, 0.05) is 35.6 Å². The zero-order valence-electron chi connectivity index (χ0n) is 14.4. The molecule has 0 bridgehead atoms. The number of carbonyl (C=O) groups is 2. The first-order valence-corrected chi connectivity index (χ1v) is 7.45. The summed E-state index contributed by atoms with van der Waals surface area (Å²) in [6.45, 7) is 4.88. The van der Waals surface area contributed by atoms with Gasteiger partial charge in [-0.3, -0.25) is 19.7 Å². The number of anilines is 1. The first-order chi connectivity index (χ1) is 11.7. The van der Waals surface area contributed by atoms with Crippen LogP contribution in [0.2, 0.25) is 0 Å². The molecule has 0 unspecified atom stereocenters. The van der Waals surface area contributed by atoms with Crippen molar-refractivity contribution in [1.82, 2.24) is 0 Å². The van der Waals surface area contributed by atoms with Crippen molar-refractivity contribution in [1.29, 1.82) is 0 Å². The van der Waals surface area contributed by atoms with Crippen molar-refractivity contribution < 1.29 is 19.6 Å². The third-order valence-electron chi connectivity index (χ3n) is 2.80. The number of carbonyl (C=O) groups excluding carboxylic acids is 2. The number of hydrogen-bond acceptors (Lipinski definition) is 6. The maximum absolute atomic E-state index is 10.8. The van der Waals surface area contributed by atoms with Crippen LogP contribution in [-0.4, -0.2) is 28.2 Å². The van der Waals surface area contributed by atoms with Crippen LogP contribution in [0.5, 0.6) is 0 Å². The van der Waals surface area contributed by atoms with Crippen molar-refractivity contribution in [3.05, 3.63) is 69.8 Å². The maximum Gasteiger partial charge on any atom is 0.269 e. The summed E-state index contributed by atoms with van der Waals surface area (Å²) in [4.78, 5) is 31.2. The number of aliphatic hydroxyl groups excluding tert-OH is 1. The highest BCUT2D eigenvalue weighted by Gasteiger charge is 2.05. The number of rotatable bonds is 3. The molecule has 0 saturated carbocycles. The SMILES string of the molecule is CC(=O)c1ccc(N)cc1.CC(=O)c1ccc([N+](=O)[O-])cc1.CCO. The number of Topliss-reactive ketones (excluding diaryl/α,β-unsaturated/α-hetero) is 2. The smallest absolute Gasteiger partial charge is 0.269 e. The minimum absolute atomic E-state index is 0.000000000000000222. The predicted molar refractivity (Wildman–Crippen MR) is 96.7 cm³/mol. The molecule has 0 atom stereocenters. The lowest BCUT2D eigenvalue weighted by molar-refractivity contribution is -0.384. The number of nitro groups is 1. The van der Waals surface area contributed by atoms with E-state index in [1.54, 1.807) is 31.2 Å². The monoisotopic (exact) mass is 346 g/mol. The second kappa shape index (κ2) is 11.5. The molecule has 2 rings (SSSR count). The number of benzene rings is 2. The molecule has 134 valence electrons. The average molecular weight is 346 g/mol. The third-order valence-corrected chi connectivity index (χ3v) is 2.80. The van der Waals surface area contributed by atoms with E-state index in [-0.39, 0.29) is 23.9 Å². The molecule has 2 aromatic carbocycles. The van der Waals surface area contributed by atoms with Crippen LogP contribution in [0.1, 0.15) is 41.5 Å². The van der Waals surface area contributed by atoms with E-state index in [1.807, 2.05) is 0 Å². The number of nitrogen functional groups attached to an aromatic ring is 1. The number of nitrogens with zero attached hydrogens (tertiary/aromatic N) is 1. The molecule has 0 aliphatic heterocycles. The van der Waals surface area contributed by atoms with Crippen molar-refractivity contribution in [2.24, 2.45) is 0 Å². The highest BCUT2D eigenvalue weighted by Crippen LogP contribution is 2.11. The molecule has 0 spiro atoms. The average Bonchev–Trinajstić information content (AvgIpc) is 2.56. The number of nitrogens with two attached hydrogens (primary N) is 1. The van der Waals surface area contributed by atoms with Gasteiger partial charge in [-0.1, -0.05) is 0 Å². The first-order valence-electron chi connectivity index (χ1n) is 7.45. The fraction of sp³-hybridized carbons (Fsp3) is 0.222. The Kier molecular flexibility index (Phi) is 10.1. The summed E-state index contributed by atoms with van der Waals surface area (Å²) in [7, 11) is 0. The predicted octanol–water partition coefficient (Wildman–Crippen LogP) is 3.27. The zero-order chi connectivity index (χ0) is 19.4. The van der Waals surface area contributed by atoms with E-state index in [1.165, 1.54) is 38.1 Å². The number of nitro benzene ring substituents is 1. The molecule has 0 aliphatic carbocycles. The van der Waals surface area contributed by atoms with Gasteiger partial charge in [-0.2, -0.15) is 0 Å². The standard InChI is InChI=1S/C8H7NO3.C8H9NO.C2H6O/c1-6(10)7-2-4-8(5-3-7)9(11)12;1-6(10)7-2-4-8(9)5-3-7;1-2-3/h2-5H,1H3;2-5H,9H2,1H3;3H,2H2,1H3. The van der Waals surface area contributed by atoms with E-state index in [2.05, 4.69) is 0 Å². The summed E-state index contributed by atoms with van der Waals surface area (Å²) in [5.41, 5.74) is 7.29. The van der Waals surface area contributed by atoms with Gasteiger partial charge in [-0.15, -0.1) is 0 Å². The molecule has 0 fully saturated rings. The number of ketones is 2. The molecular weight excluding hydrogens is 324 g/mol. The Balaban J connectivity index is 0.000000403. The zero-order valence-corrected chi connectivity index (χ0v) is 14.4. The summed E-state index contributed by atoms with van der Waals surface area (Å²) in [6, 6.07) is 12.4. The van der Waals surface area contributed by atoms with Gasteiger partial charge in [0.1, 0.15) is 0 Å². The van der Waals surface area contributed by atoms with Crippen LogP contribution in [0, 0.1) is 10.1 Å². The number of aliphatic hydroxyl groups is 1. The largest absolute Gasteiger partial charge is 0.399 e. The van der Waals surface area contributed by atoms with Crippen molar-refractivity contribution in [3.63, 3.8) is 0 Å². The van der Waals surface area contributed by atoms with Crippen LogP contribution in [0.3, 0.4) is 0 Å². The fourth-order valence-electron chi connectivity index (χ4n) is 1.54. The highest BCUT2D eigenvalue weighted by atomic mass is 16.6. The molecule has 0 heterocycles. The molecule has 7 nitrogen and oxygen atoms in total. The molecule has 0 amide bonds. The van der Waals surface area contributed by atoms with E-state index >= 15 is 0 Å². The minimum Gasteiger partial charge on any atom is -0.399 e. The first kappa shape index (κ1) is 21.9. The fourth-order valence-corrected chi connectivity index (χ4v) is 1.54. The lowest BCUT2D eigenvalue weighted by Crippen LogP contribution is -1.92. The van der Waals surface area contributed by atoms with Gasteiger partial charge < -0.3 is 10.8 Å². The van der Waals surface area contributed by atoms with Gasteiger partial charge in [-0.05, 0) is 57.2 Å². The quantitative estimate of drug-likeness (QED) is 0.380. The van der Waals surface area contributed by atoms with Gasteiger partial charge in [-0.25, -0.2) is 0 Å². The van der Waals surface area contributed by atoms with Gasteiger partial charge >= 0.3 is 0 Å². The number of non-ortho nitro benzene ring substituents is 1. The summed E-state index contributed by atoms with van der Waals surface area (Å²) < 4.78 is 0. The Labute approximate surface area is 146 Å². The van der Waals surface area contributed by atoms with Crippen LogP contribution < -0.4 is 5.73 Å². The van der Waals surface area contributed by atoms with Gasteiger partial charge in [0.15, 0.2) is 11.6 Å². The third kappa shape index (κ3) is 8.97. The van der Waals surface area contributed by atoms with E-state index in [9.17, 15) is 19.7 Å². The lowest BCUT2D eigenvalue weighted by atomic mass is 10.1. The van der Waals surface area contributed by atoms with Crippen LogP contribution >= 0.6 is 0 Å². The highest BCUT2D eigenvalue weighted by molar-refractivity contribution is 5.94. The van der Waals surface area contributed by atoms with Crippen LogP contribution in [0.15, 0.2) is 48.5 Å². The Hall–Kier alpha value is -3.06. The lowest BCUT2D eigenvalue weighted by Gasteiger charge is -1.94. The Bertz CT molecular complexity index is 661. The second-order valence-electron chi connectivity index (χ2n) is 4.85. The summed E-state index contributed by atoms with van der Waals surface area (Å²) in [6.07, 6.45) is 0. The topological polar surface area (TPSA) is 124 Å². The normalized spacial score (nSPS) is 8.96. The molecule has 2 aromatic rings. The van der Waals surface area contributed by atoms with E-state index in [0.29, 0.717) is 16.8 Å². The number of hydrogen-bond donors (Lipinski definition) is 2. The summed E-state index contributed by atoms with van der Waals surface area (Å²) in [5, 5.41) is 17.8. The maximum atomic E-state index is 10.8. The van der Waals surface area contributed by atoms with E-state index < -0.39 is 4.92 Å². The molecule has 0 saturated heterocycles. The molecule has 0 aliphatic rings. The summed E-state index contributed by atoms with van der Waals surface area (Å²) in [5.74, 6) is -0.0232. The van der Waals surface area contributed by atoms with Gasteiger partial charge in [0.25, 0.3) is 5.69 Å². The van der Waals surface area contributed by atoms with Gasteiger partial charge in [0.05, 0.1) is 4.92 Å². The van der Waals surface area contributed by atoms with Crippen molar-refractivity contribution in [3.8, 4) is 0 Å². The van der Waals surface area contributed by atoms with Crippen LogP contribution in [-0.2, 0) is 0 Å². The second-order valence-corrected chi connectivity index (χ2v) is 4.85. The van der Waals surface area contributed by atoms with Crippen molar-refractivity contribution >= 4 is 22.9 Å². The molecule has 3 N–H and O–H groups in total. The molecule has 0 radical (unpaired) electrons. The van der Waals surface area contributed by atoms with Crippen molar-refractivity contribution in [2.75, 3.05) is 12.3 Å². The van der Waals surface area contributed by atoms with E-state index in [0.717, 1.165) is 0 Å². The summed E-state index contributed by atoms with van der Waals surface area (Å²) >= 11 is 0. The molecule has 25 heavy (non-hydrogen) atoms. The van der Waals surface area contributed by atoms with Gasteiger partial charge in [0.2, 0.25) is 0 Å².